The lowest BCUT2D eigenvalue weighted by atomic mass is 9.85. The number of hydrogen-bond donors (Lipinski definition) is 1. The summed E-state index contributed by atoms with van der Waals surface area (Å²) < 4.78 is 0. The van der Waals surface area contributed by atoms with Gasteiger partial charge in [0.15, 0.2) is 0 Å². The van der Waals surface area contributed by atoms with Crippen LogP contribution in [0.1, 0.15) is 29.6 Å². The largest absolute Gasteiger partial charge is 0.322 e. The van der Waals surface area contributed by atoms with Crippen LogP contribution in [-0.4, -0.2) is 18.4 Å². The predicted octanol–water partition coefficient (Wildman–Crippen LogP) is 3.72. The molecule has 0 atom stereocenters. The second-order valence-corrected chi connectivity index (χ2v) is 6.27. The normalized spacial score (nSPS) is 16.5. The maximum atomic E-state index is 12.8. The van der Waals surface area contributed by atoms with Gasteiger partial charge in [0.25, 0.3) is 5.91 Å². The summed E-state index contributed by atoms with van der Waals surface area (Å²) in [5.41, 5.74) is 2.41. The van der Waals surface area contributed by atoms with Gasteiger partial charge in [-0.3, -0.25) is 9.59 Å². The molecule has 1 saturated carbocycles. The molecule has 1 N–H and O–H groups in total. The molecule has 1 aliphatic carbocycles. The fraction of sp³-hybridized carbons (Fsp3) is 0.263. The number of anilines is 2. The monoisotopic (exact) mass is 306 g/mol. The first-order chi connectivity index (χ1) is 11.2. The summed E-state index contributed by atoms with van der Waals surface area (Å²) in [4.78, 5) is 26.3. The minimum Gasteiger partial charge on any atom is -0.322 e. The third-order valence-electron chi connectivity index (χ3n) is 4.89. The molecule has 1 aliphatic heterocycles. The van der Waals surface area contributed by atoms with Crippen LogP contribution in [0.15, 0.2) is 43.0 Å². The molecule has 4 nitrogen and oxygen atoms in total. The summed E-state index contributed by atoms with van der Waals surface area (Å²) in [6.07, 6.45) is 4.92. The van der Waals surface area contributed by atoms with Crippen LogP contribution in [0.25, 0.3) is 10.8 Å². The fourth-order valence-electron chi connectivity index (χ4n) is 3.45. The lowest BCUT2D eigenvalue weighted by Gasteiger charge is -2.30. The Bertz CT molecular complexity index is 837. The molecule has 0 unspecified atom stereocenters. The summed E-state index contributed by atoms with van der Waals surface area (Å²) in [6.45, 7) is 4.28. The number of amides is 2. The highest BCUT2D eigenvalue weighted by molar-refractivity contribution is 6.27. The van der Waals surface area contributed by atoms with Gasteiger partial charge in [-0.1, -0.05) is 25.1 Å². The van der Waals surface area contributed by atoms with Crippen LogP contribution >= 0.6 is 0 Å². The van der Waals surface area contributed by atoms with Gasteiger partial charge in [-0.2, -0.15) is 0 Å². The summed E-state index contributed by atoms with van der Waals surface area (Å²) in [5.74, 6) is 0.439. The molecule has 4 rings (SSSR count). The second-order valence-electron chi connectivity index (χ2n) is 6.27. The van der Waals surface area contributed by atoms with Crippen molar-refractivity contribution in [2.24, 2.45) is 5.92 Å². The van der Waals surface area contributed by atoms with E-state index in [-0.39, 0.29) is 11.8 Å². The lowest BCUT2D eigenvalue weighted by molar-refractivity contribution is -0.111. The molecule has 2 aromatic rings. The van der Waals surface area contributed by atoms with E-state index in [2.05, 4.69) is 11.9 Å². The number of rotatable bonds is 4. The van der Waals surface area contributed by atoms with Gasteiger partial charge in [-0.25, -0.2) is 0 Å². The first-order valence-electron chi connectivity index (χ1n) is 8.00. The van der Waals surface area contributed by atoms with Gasteiger partial charge >= 0.3 is 0 Å². The van der Waals surface area contributed by atoms with Gasteiger partial charge < -0.3 is 10.2 Å². The zero-order chi connectivity index (χ0) is 16.0. The Morgan fingerprint density at radius 2 is 2.13 bits per heavy atom. The Labute approximate surface area is 134 Å². The third-order valence-corrected chi connectivity index (χ3v) is 4.89. The van der Waals surface area contributed by atoms with E-state index in [1.807, 2.05) is 35.2 Å². The Kier molecular flexibility index (Phi) is 3.18. The predicted molar refractivity (Wildman–Crippen MR) is 91.8 cm³/mol. The lowest BCUT2D eigenvalue weighted by Crippen LogP contribution is -2.34. The zero-order valence-corrected chi connectivity index (χ0v) is 12.8. The van der Waals surface area contributed by atoms with Crippen molar-refractivity contribution in [2.75, 3.05) is 16.8 Å². The topological polar surface area (TPSA) is 49.4 Å². The molecule has 1 heterocycles. The average molecular weight is 306 g/mol. The van der Waals surface area contributed by atoms with E-state index in [0.717, 1.165) is 28.6 Å². The first kappa shape index (κ1) is 14.0. The molecule has 0 bridgehead atoms. The van der Waals surface area contributed by atoms with E-state index in [1.54, 1.807) is 0 Å². The van der Waals surface area contributed by atoms with Gasteiger partial charge in [0.2, 0.25) is 5.91 Å². The molecular weight excluding hydrogens is 288 g/mol. The van der Waals surface area contributed by atoms with Crippen LogP contribution in [0.5, 0.6) is 0 Å². The molecule has 0 saturated heterocycles. The minimum atomic E-state index is -0.249. The summed E-state index contributed by atoms with van der Waals surface area (Å²) in [6, 6.07) is 9.49. The zero-order valence-electron chi connectivity index (χ0n) is 12.8. The van der Waals surface area contributed by atoms with Crippen LogP contribution in [0.2, 0.25) is 0 Å². The van der Waals surface area contributed by atoms with E-state index in [0.29, 0.717) is 11.6 Å². The van der Waals surface area contributed by atoms with Gasteiger partial charge in [-0.15, -0.1) is 0 Å². The number of benzene rings is 2. The van der Waals surface area contributed by atoms with Crippen LogP contribution in [0.3, 0.4) is 0 Å². The van der Waals surface area contributed by atoms with Crippen molar-refractivity contribution >= 4 is 34.0 Å². The van der Waals surface area contributed by atoms with E-state index >= 15 is 0 Å². The van der Waals surface area contributed by atoms with Crippen molar-refractivity contribution in [2.45, 2.75) is 19.3 Å². The highest BCUT2D eigenvalue weighted by Gasteiger charge is 2.33. The second kappa shape index (κ2) is 5.23. The number of carbonyl (C=O) groups is 2. The Morgan fingerprint density at radius 1 is 1.30 bits per heavy atom. The molecule has 2 amide bonds. The maximum Gasteiger partial charge on any atom is 0.259 e. The van der Waals surface area contributed by atoms with Gasteiger partial charge in [0.1, 0.15) is 0 Å². The number of carbonyl (C=O) groups excluding carboxylic acids is 2. The smallest absolute Gasteiger partial charge is 0.259 e. The van der Waals surface area contributed by atoms with Gasteiger partial charge in [-0.05, 0) is 43.0 Å². The quantitative estimate of drug-likeness (QED) is 0.875. The molecule has 2 aliphatic rings. The minimum absolute atomic E-state index is 0.0738. The summed E-state index contributed by atoms with van der Waals surface area (Å²) in [5, 5.41) is 4.67. The van der Waals surface area contributed by atoms with E-state index < -0.39 is 0 Å². The van der Waals surface area contributed by atoms with Crippen molar-refractivity contribution in [3.05, 3.63) is 48.6 Å². The molecule has 2 aromatic carbocycles. The van der Waals surface area contributed by atoms with Crippen LogP contribution in [-0.2, 0) is 4.79 Å². The van der Waals surface area contributed by atoms with Gasteiger partial charge in [0.05, 0.1) is 5.69 Å². The van der Waals surface area contributed by atoms with Crippen molar-refractivity contribution in [1.82, 2.24) is 0 Å². The molecule has 1 fully saturated rings. The number of hydrogen-bond acceptors (Lipinski definition) is 2. The molecule has 0 spiro atoms. The molecule has 4 heteroatoms. The van der Waals surface area contributed by atoms with Crippen LogP contribution in [0, 0.1) is 5.92 Å². The summed E-state index contributed by atoms with van der Waals surface area (Å²) >= 11 is 0. The molecule has 23 heavy (non-hydrogen) atoms. The Balaban J connectivity index is 1.81. The van der Waals surface area contributed by atoms with Crippen molar-refractivity contribution < 1.29 is 9.59 Å². The third kappa shape index (κ3) is 2.13. The fourth-order valence-corrected chi connectivity index (χ4v) is 3.45. The number of nitrogens with zero attached hydrogens (tertiary/aromatic N) is 1. The van der Waals surface area contributed by atoms with E-state index in [9.17, 15) is 9.59 Å². The summed E-state index contributed by atoms with van der Waals surface area (Å²) in [7, 11) is 0. The van der Waals surface area contributed by atoms with Crippen LogP contribution in [0.4, 0.5) is 11.4 Å². The van der Waals surface area contributed by atoms with Crippen molar-refractivity contribution in [3.8, 4) is 0 Å². The van der Waals surface area contributed by atoms with E-state index in [1.165, 1.54) is 25.3 Å². The number of nitrogens with one attached hydrogen (secondary N) is 1. The Hall–Kier alpha value is -2.62. The van der Waals surface area contributed by atoms with Crippen molar-refractivity contribution in [1.29, 1.82) is 0 Å². The molecule has 116 valence electrons. The molecule has 0 aromatic heterocycles. The average Bonchev–Trinajstić information content (AvgIpc) is 2.80. The highest BCUT2D eigenvalue weighted by Crippen LogP contribution is 2.42. The van der Waals surface area contributed by atoms with Gasteiger partial charge in [0, 0.05) is 28.6 Å². The van der Waals surface area contributed by atoms with Crippen molar-refractivity contribution in [3.63, 3.8) is 0 Å². The molecule has 0 radical (unpaired) electrons. The maximum absolute atomic E-state index is 12.8. The SMILES string of the molecule is C=CC(=O)Nc1ccc2c3c(cccc13)C(=O)N2CC1CCC1. The highest BCUT2D eigenvalue weighted by atomic mass is 16.2. The molecular formula is C19H18N2O2. The van der Waals surface area contributed by atoms with E-state index in [4.69, 9.17) is 0 Å². The Morgan fingerprint density at radius 3 is 2.83 bits per heavy atom. The standard InChI is InChI=1S/C19H18N2O2/c1-2-17(22)20-15-9-10-16-18-13(15)7-4-8-14(18)19(23)21(16)11-12-5-3-6-12/h2,4,7-10,12H,1,3,5-6,11H2,(H,20,22). The van der Waals surface area contributed by atoms with Crippen LogP contribution < -0.4 is 10.2 Å². The first-order valence-corrected chi connectivity index (χ1v) is 8.00.